The zero-order chi connectivity index (χ0) is 22.5. The van der Waals surface area contributed by atoms with Gasteiger partial charge < -0.3 is 14.6 Å². The van der Waals surface area contributed by atoms with Crippen molar-refractivity contribution in [3.63, 3.8) is 0 Å². The third-order valence-electron chi connectivity index (χ3n) is 7.49. The third kappa shape index (κ3) is 4.65. The van der Waals surface area contributed by atoms with Crippen molar-refractivity contribution in [1.82, 2.24) is 0 Å². The SMILES string of the molecule is CC(C)(C)COC(=O)CC(C(=O)OCC(C)(C)C)C1(O)CC2CCC1(C)C2(C)C. The summed E-state index contributed by atoms with van der Waals surface area (Å²) in [5.41, 5.74) is -2.15. The monoisotopic (exact) mass is 410 g/mol. The van der Waals surface area contributed by atoms with E-state index in [9.17, 15) is 14.7 Å². The minimum atomic E-state index is -1.27. The van der Waals surface area contributed by atoms with Gasteiger partial charge in [-0.05, 0) is 41.4 Å². The highest BCUT2D eigenvalue weighted by Gasteiger charge is 2.71. The average molecular weight is 411 g/mol. The van der Waals surface area contributed by atoms with Crippen molar-refractivity contribution in [2.75, 3.05) is 13.2 Å². The molecule has 2 saturated carbocycles. The smallest absolute Gasteiger partial charge is 0.312 e. The predicted octanol–water partition coefficient (Wildman–Crippen LogP) is 4.75. The molecule has 5 nitrogen and oxygen atoms in total. The lowest BCUT2D eigenvalue weighted by molar-refractivity contribution is -0.184. The molecule has 5 heteroatoms. The zero-order valence-electron chi connectivity index (χ0n) is 20.0. The van der Waals surface area contributed by atoms with Gasteiger partial charge in [0.1, 0.15) is 0 Å². The maximum atomic E-state index is 13.2. The number of esters is 2. The van der Waals surface area contributed by atoms with E-state index in [0.29, 0.717) is 12.3 Å². The first-order valence-corrected chi connectivity index (χ1v) is 11.0. The van der Waals surface area contributed by atoms with Crippen LogP contribution in [-0.4, -0.2) is 35.9 Å². The van der Waals surface area contributed by atoms with Gasteiger partial charge in [0.25, 0.3) is 0 Å². The summed E-state index contributed by atoms with van der Waals surface area (Å²) in [6.07, 6.45) is 2.28. The van der Waals surface area contributed by atoms with Gasteiger partial charge in [-0.2, -0.15) is 0 Å². The number of aliphatic hydroxyl groups is 1. The molecule has 0 saturated heterocycles. The lowest BCUT2D eigenvalue weighted by atomic mass is 9.60. The van der Waals surface area contributed by atoms with E-state index in [4.69, 9.17) is 9.47 Å². The number of rotatable bonds is 6. The minimum absolute atomic E-state index is 0.0976. The molecule has 4 atom stereocenters. The number of hydrogen-bond donors (Lipinski definition) is 1. The van der Waals surface area contributed by atoms with Gasteiger partial charge in [-0.15, -0.1) is 0 Å². The molecule has 2 fully saturated rings. The summed E-state index contributed by atoms with van der Waals surface area (Å²) >= 11 is 0. The topological polar surface area (TPSA) is 72.8 Å². The normalized spacial score (nSPS) is 32.1. The van der Waals surface area contributed by atoms with Crippen molar-refractivity contribution in [3.8, 4) is 0 Å². The van der Waals surface area contributed by atoms with E-state index in [2.05, 4.69) is 20.8 Å². The lowest BCUT2D eigenvalue weighted by Crippen LogP contribution is -2.55. The van der Waals surface area contributed by atoms with Gasteiger partial charge in [0.2, 0.25) is 0 Å². The van der Waals surface area contributed by atoms with Crippen LogP contribution in [0.15, 0.2) is 0 Å². The summed E-state index contributed by atoms with van der Waals surface area (Å²) in [6.45, 7) is 18.9. The summed E-state index contributed by atoms with van der Waals surface area (Å²) in [4.78, 5) is 25.8. The molecule has 2 bridgehead atoms. The van der Waals surface area contributed by atoms with E-state index in [1.54, 1.807) is 0 Å². The van der Waals surface area contributed by atoms with Crippen LogP contribution in [0, 0.1) is 33.5 Å². The van der Waals surface area contributed by atoms with Crippen LogP contribution in [0.1, 0.15) is 88.0 Å². The van der Waals surface area contributed by atoms with Crippen LogP contribution in [0.5, 0.6) is 0 Å². The number of fused-ring (bicyclic) bond motifs is 2. The molecular formula is C24H42O5. The van der Waals surface area contributed by atoms with Crippen molar-refractivity contribution in [3.05, 3.63) is 0 Å². The molecule has 168 valence electrons. The molecule has 2 rings (SSSR count). The molecule has 0 aliphatic heterocycles. The van der Waals surface area contributed by atoms with Gasteiger partial charge in [0.05, 0.1) is 31.2 Å². The second kappa shape index (κ2) is 7.55. The standard InChI is InChI=1S/C24H42O5/c1-20(2,3)14-28-18(25)12-17(19(26)29-15-21(4,5)6)24(27)13-16-10-11-23(24,9)22(16,7)8/h16-17,27H,10-15H2,1-9H3. The molecule has 0 amide bonds. The van der Waals surface area contributed by atoms with Gasteiger partial charge >= 0.3 is 11.9 Å². The van der Waals surface area contributed by atoms with Crippen molar-refractivity contribution in [2.24, 2.45) is 33.5 Å². The van der Waals surface area contributed by atoms with E-state index in [0.717, 1.165) is 12.8 Å². The Morgan fingerprint density at radius 3 is 1.93 bits per heavy atom. The van der Waals surface area contributed by atoms with E-state index in [1.165, 1.54) is 0 Å². The van der Waals surface area contributed by atoms with Crippen molar-refractivity contribution in [2.45, 2.75) is 93.6 Å². The number of hydrogen-bond acceptors (Lipinski definition) is 5. The number of carbonyl (C=O) groups is 2. The first-order chi connectivity index (χ1) is 12.9. The van der Waals surface area contributed by atoms with E-state index >= 15 is 0 Å². The Balaban J connectivity index is 2.28. The zero-order valence-corrected chi connectivity index (χ0v) is 20.0. The van der Waals surface area contributed by atoms with Crippen molar-refractivity contribution < 1.29 is 24.2 Å². The fourth-order valence-electron chi connectivity index (χ4n) is 5.21. The van der Waals surface area contributed by atoms with Gasteiger partial charge in [-0.25, -0.2) is 0 Å². The molecule has 2 aliphatic carbocycles. The summed E-state index contributed by atoms with van der Waals surface area (Å²) in [5.74, 6) is -1.51. The summed E-state index contributed by atoms with van der Waals surface area (Å²) in [5, 5.41) is 11.9. The molecule has 0 heterocycles. The fraction of sp³-hybridized carbons (Fsp3) is 0.917. The molecule has 2 aliphatic rings. The van der Waals surface area contributed by atoms with Gasteiger partial charge in [-0.3, -0.25) is 9.59 Å². The Bertz CT molecular complexity index is 639. The number of ether oxygens (including phenoxy) is 2. The maximum absolute atomic E-state index is 13.2. The summed E-state index contributed by atoms with van der Waals surface area (Å²) in [7, 11) is 0. The molecule has 0 aromatic carbocycles. The largest absolute Gasteiger partial charge is 0.465 e. The molecule has 0 radical (unpaired) electrons. The highest BCUT2D eigenvalue weighted by molar-refractivity contribution is 5.81. The van der Waals surface area contributed by atoms with Crippen LogP contribution in [0.25, 0.3) is 0 Å². The van der Waals surface area contributed by atoms with E-state index < -0.39 is 28.9 Å². The second-order valence-electron chi connectivity index (χ2n) is 12.6. The summed E-state index contributed by atoms with van der Waals surface area (Å²) < 4.78 is 11.1. The van der Waals surface area contributed by atoms with Crippen LogP contribution in [0.2, 0.25) is 0 Å². The Labute approximate surface area is 176 Å². The summed E-state index contributed by atoms with van der Waals surface area (Å²) in [6, 6.07) is 0. The average Bonchev–Trinajstić information content (AvgIpc) is 2.86. The second-order valence-corrected chi connectivity index (χ2v) is 12.6. The van der Waals surface area contributed by atoms with Crippen LogP contribution >= 0.6 is 0 Å². The van der Waals surface area contributed by atoms with E-state index in [1.807, 2.05) is 41.5 Å². The maximum Gasteiger partial charge on any atom is 0.312 e. The highest BCUT2D eigenvalue weighted by atomic mass is 16.5. The van der Waals surface area contributed by atoms with Gasteiger partial charge in [0.15, 0.2) is 0 Å². The first kappa shape index (κ1) is 24.2. The minimum Gasteiger partial charge on any atom is -0.465 e. The first-order valence-electron chi connectivity index (χ1n) is 11.0. The van der Waals surface area contributed by atoms with Crippen LogP contribution in [0.3, 0.4) is 0 Å². The molecule has 4 unspecified atom stereocenters. The molecule has 0 aromatic rings. The molecule has 0 spiro atoms. The molecular weight excluding hydrogens is 368 g/mol. The van der Waals surface area contributed by atoms with Gasteiger partial charge in [0, 0.05) is 5.41 Å². The van der Waals surface area contributed by atoms with Gasteiger partial charge in [-0.1, -0.05) is 62.3 Å². The molecule has 0 aromatic heterocycles. The predicted molar refractivity (Wildman–Crippen MR) is 113 cm³/mol. The lowest BCUT2D eigenvalue weighted by Gasteiger charge is -2.48. The third-order valence-corrected chi connectivity index (χ3v) is 7.49. The van der Waals surface area contributed by atoms with Crippen LogP contribution in [0.4, 0.5) is 0 Å². The van der Waals surface area contributed by atoms with Crippen LogP contribution < -0.4 is 0 Å². The highest BCUT2D eigenvalue weighted by Crippen LogP contribution is 2.71. The van der Waals surface area contributed by atoms with E-state index in [-0.39, 0.29) is 35.9 Å². The van der Waals surface area contributed by atoms with Crippen LogP contribution in [-0.2, 0) is 19.1 Å². The molecule has 29 heavy (non-hydrogen) atoms. The molecule has 1 N–H and O–H groups in total. The Morgan fingerprint density at radius 1 is 1.00 bits per heavy atom. The quantitative estimate of drug-likeness (QED) is 0.640. The number of carbonyl (C=O) groups excluding carboxylic acids is 2. The fourth-order valence-corrected chi connectivity index (χ4v) is 5.21. The Kier molecular flexibility index (Phi) is 6.29. The van der Waals surface area contributed by atoms with Crippen molar-refractivity contribution in [1.29, 1.82) is 0 Å². The Hall–Kier alpha value is -1.10. The Morgan fingerprint density at radius 2 is 1.52 bits per heavy atom. The van der Waals surface area contributed by atoms with Crippen molar-refractivity contribution >= 4 is 11.9 Å².